The minimum atomic E-state index is -0.581. The maximum atomic E-state index is 12.9. The molecule has 0 aliphatic carbocycles. The Labute approximate surface area is 154 Å². The van der Waals surface area contributed by atoms with Crippen molar-refractivity contribution in [2.45, 2.75) is 32.2 Å². The number of amides is 2. The largest absolute Gasteiger partial charge is 0.342 e. The SMILES string of the molecule is Cc1ccc(N2CCC(C(=O)N(C)C3CCN(C)CC3)C2=O)c(Cl)c1. The number of carbonyl (C=O) groups is 2. The van der Waals surface area contributed by atoms with Crippen molar-refractivity contribution in [3.63, 3.8) is 0 Å². The van der Waals surface area contributed by atoms with Crippen molar-refractivity contribution in [2.75, 3.05) is 38.6 Å². The zero-order chi connectivity index (χ0) is 18.1. The van der Waals surface area contributed by atoms with E-state index in [0.29, 0.717) is 23.7 Å². The van der Waals surface area contributed by atoms with E-state index in [1.165, 1.54) is 0 Å². The second-order valence-corrected chi connectivity index (χ2v) is 7.68. The Morgan fingerprint density at radius 3 is 2.52 bits per heavy atom. The van der Waals surface area contributed by atoms with Gasteiger partial charge in [-0.1, -0.05) is 17.7 Å². The molecule has 0 saturated carbocycles. The molecule has 0 N–H and O–H groups in total. The van der Waals surface area contributed by atoms with E-state index in [4.69, 9.17) is 11.6 Å². The van der Waals surface area contributed by atoms with Crippen LogP contribution in [0.5, 0.6) is 0 Å². The first-order valence-electron chi connectivity index (χ1n) is 8.91. The number of halogens is 1. The average molecular weight is 364 g/mol. The molecule has 3 rings (SSSR count). The first-order chi connectivity index (χ1) is 11.9. The molecule has 1 atom stereocenters. The first-order valence-corrected chi connectivity index (χ1v) is 9.29. The minimum Gasteiger partial charge on any atom is -0.342 e. The van der Waals surface area contributed by atoms with Crippen LogP contribution in [-0.2, 0) is 9.59 Å². The number of nitrogens with zero attached hydrogens (tertiary/aromatic N) is 3. The summed E-state index contributed by atoms with van der Waals surface area (Å²) in [6.45, 7) is 4.49. The van der Waals surface area contributed by atoms with Crippen LogP contribution in [0.25, 0.3) is 0 Å². The van der Waals surface area contributed by atoms with Crippen LogP contribution < -0.4 is 4.90 Å². The number of anilines is 1. The Kier molecular flexibility index (Phi) is 5.35. The fourth-order valence-electron chi connectivity index (χ4n) is 3.79. The number of aryl methyl sites for hydroxylation is 1. The Morgan fingerprint density at radius 2 is 1.88 bits per heavy atom. The topological polar surface area (TPSA) is 43.9 Å². The Morgan fingerprint density at radius 1 is 1.20 bits per heavy atom. The van der Waals surface area contributed by atoms with Crippen LogP contribution in [0, 0.1) is 12.8 Å². The van der Waals surface area contributed by atoms with Gasteiger partial charge in [-0.3, -0.25) is 9.59 Å². The van der Waals surface area contributed by atoms with E-state index >= 15 is 0 Å². The zero-order valence-corrected chi connectivity index (χ0v) is 15.9. The number of benzene rings is 1. The lowest BCUT2D eigenvalue weighted by atomic mass is 10.0. The average Bonchev–Trinajstić information content (AvgIpc) is 2.96. The lowest BCUT2D eigenvalue weighted by molar-refractivity contribution is -0.141. The molecule has 2 heterocycles. The summed E-state index contributed by atoms with van der Waals surface area (Å²) in [5.74, 6) is -0.761. The van der Waals surface area contributed by atoms with Gasteiger partial charge in [-0.05, 0) is 64.0 Å². The van der Waals surface area contributed by atoms with Crippen molar-refractivity contribution in [3.05, 3.63) is 28.8 Å². The van der Waals surface area contributed by atoms with Crippen molar-refractivity contribution < 1.29 is 9.59 Å². The van der Waals surface area contributed by atoms with Crippen LogP contribution in [0.4, 0.5) is 5.69 Å². The van der Waals surface area contributed by atoms with Gasteiger partial charge in [0.15, 0.2) is 0 Å². The molecular formula is C19H26ClN3O2. The van der Waals surface area contributed by atoms with E-state index in [2.05, 4.69) is 11.9 Å². The number of rotatable bonds is 3. The predicted molar refractivity (Wildman–Crippen MR) is 99.9 cm³/mol. The summed E-state index contributed by atoms with van der Waals surface area (Å²) in [6, 6.07) is 5.88. The summed E-state index contributed by atoms with van der Waals surface area (Å²) in [7, 11) is 3.94. The van der Waals surface area contributed by atoms with Crippen LogP contribution in [0.15, 0.2) is 18.2 Å². The van der Waals surface area contributed by atoms with Gasteiger partial charge in [0.2, 0.25) is 11.8 Å². The van der Waals surface area contributed by atoms with E-state index in [1.54, 1.807) is 9.80 Å². The van der Waals surface area contributed by atoms with E-state index < -0.39 is 5.92 Å². The third kappa shape index (κ3) is 3.67. The molecule has 25 heavy (non-hydrogen) atoms. The van der Waals surface area contributed by atoms with Gasteiger partial charge in [0.05, 0.1) is 10.7 Å². The van der Waals surface area contributed by atoms with E-state index in [9.17, 15) is 9.59 Å². The summed E-state index contributed by atoms with van der Waals surface area (Å²) >= 11 is 6.31. The number of piperidine rings is 1. The Balaban J connectivity index is 1.69. The maximum absolute atomic E-state index is 12.9. The molecule has 6 heteroatoms. The predicted octanol–water partition coefficient (Wildman–Crippen LogP) is 2.55. The van der Waals surface area contributed by atoms with Gasteiger partial charge < -0.3 is 14.7 Å². The molecule has 2 saturated heterocycles. The summed E-state index contributed by atoms with van der Waals surface area (Å²) in [4.78, 5) is 31.5. The molecule has 1 unspecified atom stereocenters. The highest BCUT2D eigenvalue weighted by Gasteiger charge is 2.41. The molecule has 2 aliphatic heterocycles. The van der Waals surface area contributed by atoms with Crippen molar-refractivity contribution >= 4 is 29.1 Å². The normalized spacial score (nSPS) is 22.5. The lowest BCUT2D eigenvalue weighted by Gasteiger charge is -2.36. The molecule has 2 amide bonds. The van der Waals surface area contributed by atoms with Crippen molar-refractivity contribution in [2.24, 2.45) is 5.92 Å². The number of hydrogen-bond acceptors (Lipinski definition) is 3. The molecule has 1 aromatic carbocycles. The van der Waals surface area contributed by atoms with E-state index in [1.807, 2.05) is 32.2 Å². The molecule has 0 aromatic heterocycles. The fraction of sp³-hybridized carbons (Fsp3) is 0.579. The molecule has 5 nitrogen and oxygen atoms in total. The molecular weight excluding hydrogens is 338 g/mol. The summed E-state index contributed by atoms with van der Waals surface area (Å²) < 4.78 is 0. The van der Waals surface area contributed by atoms with Crippen LogP contribution in [0.1, 0.15) is 24.8 Å². The highest BCUT2D eigenvalue weighted by atomic mass is 35.5. The standard InChI is InChI=1S/C19H26ClN3O2/c1-13-4-5-17(16(20)12-13)23-11-8-15(19(23)25)18(24)22(3)14-6-9-21(2)10-7-14/h4-5,12,14-15H,6-11H2,1-3H3. The Hall–Kier alpha value is -1.59. The van der Waals surface area contributed by atoms with E-state index in [-0.39, 0.29) is 17.9 Å². The summed E-state index contributed by atoms with van der Waals surface area (Å²) in [6.07, 6.45) is 2.49. The molecule has 0 radical (unpaired) electrons. The smallest absolute Gasteiger partial charge is 0.239 e. The van der Waals surface area contributed by atoms with Gasteiger partial charge in [0, 0.05) is 19.6 Å². The quantitative estimate of drug-likeness (QED) is 0.775. The molecule has 2 aliphatic rings. The van der Waals surface area contributed by atoms with Crippen LogP contribution in [0.3, 0.4) is 0 Å². The third-order valence-electron chi connectivity index (χ3n) is 5.48. The monoisotopic (exact) mass is 363 g/mol. The Bertz CT molecular complexity index is 671. The van der Waals surface area contributed by atoms with Crippen molar-refractivity contribution in [3.8, 4) is 0 Å². The fourth-order valence-corrected chi connectivity index (χ4v) is 4.12. The zero-order valence-electron chi connectivity index (χ0n) is 15.2. The van der Waals surface area contributed by atoms with Gasteiger partial charge in [-0.25, -0.2) is 0 Å². The van der Waals surface area contributed by atoms with Gasteiger partial charge in [0.25, 0.3) is 0 Å². The number of carbonyl (C=O) groups excluding carboxylic acids is 2. The third-order valence-corrected chi connectivity index (χ3v) is 5.78. The highest BCUT2D eigenvalue weighted by molar-refractivity contribution is 6.34. The van der Waals surface area contributed by atoms with Crippen molar-refractivity contribution in [1.82, 2.24) is 9.80 Å². The molecule has 1 aromatic rings. The van der Waals surface area contributed by atoms with Crippen LogP contribution in [-0.4, -0.2) is 61.4 Å². The first kappa shape index (κ1) is 18.2. The van der Waals surface area contributed by atoms with Gasteiger partial charge in [-0.15, -0.1) is 0 Å². The van der Waals surface area contributed by atoms with Crippen LogP contribution >= 0.6 is 11.6 Å². The van der Waals surface area contributed by atoms with Gasteiger partial charge in [0.1, 0.15) is 5.92 Å². The molecule has 136 valence electrons. The molecule has 0 bridgehead atoms. The number of hydrogen-bond donors (Lipinski definition) is 0. The minimum absolute atomic E-state index is 0.0507. The van der Waals surface area contributed by atoms with Gasteiger partial charge >= 0.3 is 0 Å². The van der Waals surface area contributed by atoms with Gasteiger partial charge in [-0.2, -0.15) is 0 Å². The van der Waals surface area contributed by atoms with Crippen molar-refractivity contribution in [1.29, 1.82) is 0 Å². The lowest BCUT2D eigenvalue weighted by Crippen LogP contribution is -2.47. The molecule has 0 spiro atoms. The maximum Gasteiger partial charge on any atom is 0.239 e. The summed E-state index contributed by atoms with van der Waals surface area (Å²) in [5, 5.41) is 0.560. The highest BCUT2D eigenvalue weighted by Crippen LogP contribution is 2.33. The summed E-state index contributed by atoms with van der Waals surface area (Å²) in [5.41, 5.74) is 1.75. The second kappa shape index (κ2) is 7.34. The second-order valence-electron chi connectivity index (χ2n) is 7.27. The number of likely N-dealkylation sites (tertiary alicyclic amines) is 1. The van der Waals surface area contributed by atoms with Crippen LogP contribution in [0.2, 0.25) is 5.02 Å². The van der Waals surface area contributed by atoms with E-state index in [0.717, 1.165) is 31.5 Å². The molecule has 2 fully saturated rings.